The van der Waals surface area contributed by atoms with Gasteiger partial charge in [-0.25, -0.2) is 0 Å². The van der Waals surface area contributed by atoms with Crippen molar-refractivity contribution in [2.24, 2.45) is 5.41 Å². The largest absolute Gasteiger partial charge is 0.481 e. The second kappa shape index (κ2) is 6.37. The predicted molar refractivity (Wildman–Crippen MR) is 82.7 cm³/mol. The highest BCUT2D eigenvalue weighted by molar-refractivity contribution is 9.13. The van der Waals surface area contributed by atoms with Crippen molar-refractivity contribution in [1.82, 2.24) is 5.32 Å². The van der Waals surface area contributed by atoms with Gasteiger partial charge in [-0.15, -0.1) is 11.3 Å². The fourth-order valence-electron chi connectivity index (χ4n) is 1.44. The third kappa shape index (κ3) is 4.89. The fraction of sp³-hybridized carbons (Fsp3) is 0.500. The van der Waals surface area contributed by atoms with Crippen molar-refractivity contribution < 1.29 is 14.7 Å². The number of aliphatic carboxylic acids is 1. The van der Waals surface area contributed by atoms with E-state index in [0.29, 0.717) is 4.88 Å². The third-order valence-corrected chi connectivity index (χ3v) is 5.85. The van der Waals surface area contributed by atoms with Gasteiger partial charge < -0.3 is 10.4 Å². The van der Waals surface area contributed by atoms with Crippen molar-refractivity contribution in [3.63, 3.8) is 0 Å². The van der Waals surface area contributed by atoms with E-state index in [0.717, 1.165) is 8.26 Å². The number of thiophene rings is 1. The molecule has 1 heterocycles. The lowest BCUT2D eigenvalue weighted by molar-refractivity contribution is -0.138. The minimum atomic E-state index is -0.922. The topological polar surface area (TPSA) is 66.4 Å². The molecule has 106 valence electrons. The summed E-state index contributed by atoms with van der Waals surface area (Å²) in [4.78, 5) is 23.5. The molecule has 7 heteroatoms. The van der Waals surface area contributed by atoms with Gasteiger partial charge in [0.2, 0.25) is 0 Å². The Bertz CT molecular complexity index is 474. The number of rotatable bonds is 4. The maximum absolute atomic E-state index is 12.1. The molecule has 0 radical (unpaired) electrons. The van der Waals surface area contributed by atoms with Gasteiger partial charge in [0.1, 0.15) is 0 Å². The molecule has 1 rings (SSSR count). The van der Waals surface area contributed by atoms with Gasteiger partial charge in [-0.05, 0) is 43.3 Å². The average molecular weight is 413 g/mol. The van der Waals surface area contributed by atoms with Gasteiger partial charge in [0.15, 0.2) is 0 Å². The summed E-state index contributed by atoms with van der Waals surface area (Å²) in [5.41, 5.74) is -0.320. The summed E-state index contributed by atoms with van der Waals surface area (Å²) in [7, 11) is 0. The highest BCUT2D eigenvalue weighted by Crippen LogP contribution is 2.32. The van der Waals surface area contributed by atoms with Crippen LogP contribution < -0.4 is 5.32 Å². The molecule has 0 aromatic carbocycles. The van der Waals surface area contributed by atoms with Crippen LogP contribution in [0.15, 0.2) is 14.3 Å². The molecule has 0 aliphatic carbocycles. The number of carbonyl (C=O) groups is 2. The van der Waals surface area contributed by atoms with Crippen LogP contribution in [0.2, 0.25) is 0 Å². The van der Waals surface area contributed by atoms with Crippen LogP contribution in [-0.4, -0.2) is 23.0 Å². The Kier molecular flexibility index (Phi) is 5.58. The van der Waals surface area contributed by atoms with Gasteiger partial charge in [0.25, 0.3) is 5.91 Å². The molecule has 1 atom stereocenters. The van der Waals surface area contributed by atoms with E-state index in [1.165, 1.54) is 11.3 Å². The van der Waals surface area contributed by atoms with Gasteiger partial charge in [0, 0.05) is 10.5 Å². The minimum Gasteiger partial charge on any atom is -0.481 e. The number of nitrogens with one attached hydrogen (secondary N) is 1. The quantitative estimate of drug-likeness (QED) is 0.788. The van der Waals surface area contributed by atoms with Crippen LogP contribution in [0.4, 0.5) is 0 Å². The zero-order chi connectivity index (χ0) is 14.8. The van der Waals surface area contributed by atoms with Crippen LogP contribution in [-0.2, 0) is 4.79 Å². The van der Waals surface area contributed by atoms with Crippen LogP contribution >= 0.6 is 43.2 Å². The van der Waals surface area contributed by atoms with Crippen LogP contribution in [0.5, 0.6) is 0 Å². The summed E-state index contributed by atoms with van der Waals surface area (Å²) < 4.78 is 1.65. The zero-order valence-electron chi connectivity index (χ0n) is 10.8. The lowest BCUT2D eigenvalue weighted by Crippen LogP contribution is -2.44. The van der Waals surface area contributed by atoms with E-state index >= 15 is 0 Å². The van der Waals surface area contributed by atoms with E-state index in [9.17, 15) is 9.59 Å². The molecule has 1 aromatic heterocycles. The second-order valence-electron chi connectivity index (χ2n) is 5.22. The highest BCUT2D eigenvalue weighted by Gasteiger charge is 2.29. The van der Waals surface area contributed by atoms with Gasteiger partial charge in [-0.3, -0.25) is 9.59 Å². The number of amides is 1. The SMILES string of the molecule is CC(C)(C)C(CC(=O)O)NC(=O)c1cc(Br)c(Br)s1. The Hall–Kier alpha value is -0.400. The molecule has 0 spiro atoms. The number of carboxylic acid groups (broad SMARTS) is 1. The van der Waals surface area contributed by atoms with Crippen molar-refractivity contribution in [1.29, 1.82) is 0 Å². The normalized spacial score (nSPS) is 13.1. The van der Waals surface area contributed by atoms with E-state index in [-0.39, 0.29) is 17.7 Å². The lowest BCUT2D eigenvalue weighted by Gasteiger charge is -2.30. The molecular weight excluding hydrogens is 398 g/mol. The maximum Gasteiger partial charge on any atom is 0.305 e. The minimum absolute atomic E-state index is 0.0943. The standard InChI is InChI=1S/C12H15Br2NO3S/c1-12(2,3)8(5-9(16)17)15-11(18)7-4-6(13)10(14)19-7/h4,8H,5H2,1-3H3,(H,15,18)(H,16,17). The summed E-state index contributed by atoms with van der Waals surface area (Å²) in [5.74, 6) is -1.17. The Morgan fingerprint density at radius 1 is 1.42 bits per heavy atom. The number of carbonyl (C=O) groups excluding carboxylic acids is 1. The fourth-order valence-corrected chi connectivity index (χ4v) is 3.37. The van der Waals surface area contributed by atoms with Crippen LogP contribution in [0.3, 0.4) is 0 Å². The molecule has 1 unspecified atom stereocenters. The van der Waals surface area contributed by atoms with Gasteiger partial charge in [-0.1, -0.05) is 20.8 Å². The van der Waals surface area contributed by atoms with Gasteiger partial charge >= 0.3 is 5.97 Å². The Balaban J connectivity index is 2.84. The van der Waals surface area contributed by atoms with Crippen molar-refractivity contribution in [3.05, 3.63) is 19.2 Å². The first-order valence-corrected chi connectivity index (χ1v) is 7.99. The van der Waals surface area contributed by atoms with Crippen LogP contribution in [0.1, 0.15) is 36.9 Å². The van der Waals surface area contributed by atoms with Crippen molar-refractivity contribution in [3.8, 4) is 0 Å². The molecule has 1 aromatic rings. The Morgan fingerprint density at radius 2 is 2.00 bits per heavy atom. The van der Waals surface area contributed by atoms with E-state index in [4.69, 9.17) is 5.11 Å². The monoisotopic (exact) mass is 411 g/mol. The van der Waals surface area contributed by atoms with E-state index in [2.05, 4.69) is 37.2 Å². The predicted octanol–water partition coefficient (Wildman–Crippen LogP) is 3.89. The number of halogens is 2. The third-order valence-electron chi connectivity index (χ3n) is 2.60. The first-order chi connectivity index (χ1) is 8.61. The molecule has 0 aliphatic rings. The van der Waals surface area contributed by atoms with Crippen LogP contribution in [0.25, 0.3) is 0 Å². The first-order valence-electron chi connectivity index (χ1n) is 5.58. The number of hydrogen-bond donors (Lipinski definition) is 2. The van der Waals surface area contributed by atoms with E-state index in [1.54, 1.807) is 6.07 Å². The summed E-state index contributed by atoms with van der Waals surface area (Å²) in [6.45, 7) is 5.71. The molecule has 0 bridgehead atoms. The van der Waals surface area contributed by atoms with Gasteiger partial charge in [0.05, 0.1) is 15.1 Å². The van der Waals surface area contributed by atoms with E-state index < -0.39 is 12.0 Å². The maximum atomic E-state index is 12.1. The molecule has 0 fully saturated rings. The molecule has 19 heavy (non-hydrogen) atoms. The molecule has 0 saturated heterocycles. The molecule has 0 saturated carbocycles. The first kappa shape index (κ1) is 16.7. The average Bonchev–Trinajstić information content (AvgIpc) is 2.56. The molecular formula is C12H15Br2NO3S. The highest BCUT2D eigenvalue weighted by atomic mass is 79.9. The molecule has 4 nitrogen and oxygen atoms in total. The van der Waals surface area contributed by atoms with Crippen molar-refractivity contribution in [2.45, 2.75) is 33.2 Å². The van der Waals surface area contributed by atoms with Crippen LogP contribution in [0, 0.1) is 5.41 Å². The summed E-state index contributed by atoms with van der Waals surface area (Å²) >= 11 is 7.95. The van der Waals surface area contributed by atoms with Gasteiger partial charge in [-0.2, -0.15) is 0 Å². The van der Waals surface area contributed by atoms with Crippen molar-refractivity contribution >= 4 is 55.1 Å². The van der Waals surface area contributed by atoms with E-state index in [1.807, 2.05) is 20.8 Å². The second-order valence-corrected chi connectivity index (χ2v) is 8.45. The summed E-state index contributed by atoms with van der Waals surface area (Å²) in [6.07, 6.45) is -0.0943. The molecule has 2 N–H and O–H groups in total. The number of hydrogen-bond acceptors (Lipinski definition) is 3. The molecule has 0 aliphatic heterocycles. The summed E-state index contributed by atoms with van der Waals surface area (Å²) in [5, 5.41) is 11.7. The Morgan fingerprint density at radius 3 is 2.37 bits per heavy atom. The zero-order valence-corrected chi connectivity index (χ0v) is 14.8. The summed E-state index contributed by atoms with van der Waals surface area (Å²) in [6, 6.07) is 1.29. The smallest absolute Gasteiger partial charge is 0.305 e. The van der Waals surface area contributed by atoms with Crippen molar-refractivity contribution in [2.75, 3.05) is 0 Å². The Labute approximate surface area is 132 Å². The molecule has 1 amide bonds. The number of carboxylic acids is 1. The lowest BCUT2D eigenvalue weighted by atomic mass is 9.84.